The number of fused-ring (bicyclic) bond motifs is 1. The highest BCUT2D eigenvalue weighted by Crippen LogP contribution is 2.35. The lowest BCUT2D eigenvalue weighted by Crippen LogP contribution is -2.37. The van der Waals surface area contributed by atoms with Crippen LogP contribution in [0.2, 0.25) is 0 Å². The molecule has 2 aliphatic rings. The zero-order valence-corrected chi connectivity index (χ0v) is 22.1. The van der Waals surface area contributed by atoms with Crippen molar-refractivity contribution in [3.63, 3.8) is 0 Å². The van der Waals surface area contributed by atoms with E-state index in [4.69, 9.17) is 15.6 Å². The van der Waals surface area contributed by atoms with E-state index in [1.54, 1.807) is 6.08 Å². The molecule has 2 N–H and O–H groups in total. The van der Waals surface area contributed by atoms with E-state index in [1.165, 1.54) is 25.6 Å². The van der Waals surface area contributed by atoms with Gasteiger partial charge >= 0.3 is 0 Å². The van der Waals surface area contributed by atoms with Gasteiger partial charge in [-0.2, -0.15) is 5.10 Å². The lowest BCUT2D eigenvalue weighted by atomic mass is 9.92. The smallest absolute Gasteiger partial charge is 0.246 e. The molecule has 4 aromatic rings. The van der Waals surface area contributed by atoms with E-state index in [9.17, 15) is 4.79 Å². The maximum atomic E-state index is 12.9. The number of carbonyl (C=O) groups excluding carboxylic acids is 1. The van der Waals surface area contributed by atoms with E-state index in [0.29, 0.717) is 30.6 Å². The third kappa shape index (κ3) is 5.22. The first kappa shape index (κ1) is 25.1. The summed E-state index contributed by atoms with van der Waals surface area (Å²) >= 11 is 0. The number of nitrogen functional groups attached to an aromatic ring is 1. The van der Waals surface area contributed by atoms with Gasteiger partial charge in [-0.25, -0.2) is 14.6 Å². The fourth-order valence-corrected chi connectivity index (χ4v) is 5.30. The van der Waals surface area contributed by atoms with Crippen LogP contribution in [0.15, 0.2) is 73.1 Å². The predicted octanol–water partition coefficient (Wildman–Crippen LogP) is 4.68. The SMILES string of the molecule is CN(C/C=C/C(=O)N1CC[C@@H](n2nc(-c3ccc(Oc4ccccc4)cc3)c3c(N)ncnc32)C1)C1CCC1. The van der Waals surface area contributed by atoms with Crippen LogP contribution < -0.4 is 10.5 Å². The molecule has 0 unspecified atom stereocenters. The Morgan fingerprint density at radius 2 is 1.85 bits per heavy atom. The van der Waals surface area contributed by atoms with Gasteiger partial charge in [0.05, 0.1) is 11.4 Å². The van der Waals surface area contributed by atoms with Crippen molar-refractivity contribution in [1.29, 1.82) is 0 Å². The van der Waals surface area contributed by atoms with Crippen molar-refractivity contribution in [2.45, 2.75) is 37.8 Å². The second kappa shape index (κ2) is 10.9. The molecule has 0 bridgehead atoms. The van der Waals surface area contributed by atoms with Crippen LogP contribution in [0, 0.1) is 0 Å². The largest absolute Gasteiger partial charge is 0.457 e. The van der Waals surface area contributed by atoms with E-state index < -0.39 is 0 Å². The van der Waals surface area contributed by atoms with Crippen LogP contribution >= 0.6 is 0 Å². The van der Waals surface area contributed by atoms with Crippen LogP contribution in [0.3, 0.4) is 0 Å². The number of hydrogen-bond acceptors (Lipinski definition) is 7. The Kier molecular flexibility index (Phi) is 6.98. The highest BCUT2D eigenvalue weighted by Gasteiger charge is 2.30. The fourth-order valence-electron chi connectivity index (χ4n) is 5.30. The van der Waals surface area contributed by atoms with Crippen molar-refractivity contribution in [2.75, 3.05) is 32.4 Å². The molecule has 2 fully saturated rings. The first-order valence-electron chi connectivity index (χ1n) is 13.5. The predicted molar refractivity (Wildman–Crippen MR) is 151 cm³/mol. The van der Waals surface area contributed by atoms with Crippen molar-refractivity contribution in [3.05, 3.63) is 73.1 Å². The first-order chi connectivity index (χ1) is 19.1. The van der Waals surface area contributed by atoms with Gasteiger partial charge in [0.2, 0.25) is 5.91 Å². The molecule has 39 heavy (non-hydrogen) atoms. The van der Waals surface area contributed by atoms with E-state index in [1.807, 2.05) is 70.3 Å². The van der Waals surface area contributed by atoms with Gasteiger partial charge in [-0.1, -0.05) is 30.7 Å². The monoisotopic (exact) mass is 523 g/mol. The van der Waals surface area contributed by atoms with Crippen molar-refractivity contribution < 1.29 is 9.53 Å². The lowest BCUT2D eigenvalue weighted by molar-refractivity contribution is -0.125. The molecule has 1 aliphatic carbocycles. The number of nitrogens with zero attached hydrogens (tertiary/aromatic N) is 6. The Morgan fingerprint density at radius 3 is 2.59 bits per heavy atom. The minimum absolute atomic E-state index is 0.00578. The summed E-state index contributed by atoms with van der Waals surface area (Å²) < 4.78 is 7.86. The van der Waals surface area contributed by atoms with Gasteiger partial charge in [0.25, 0.3) is 0 Å². The third-order valence-corrected chi connectivity index (χ3v) is 7.80. The summed E-state index contributed by atoms with van der Waals surface area (Å²) in [5.41, 5.74) is 8.62. The maximum Gasteiger partial charge on any atom is 0.246 e. The average Bonchev–Trinajstić information content (AvgIpc) is 3.55. The van der Waals surface area contributed by atoms with E-state index in [-0.39, 0.29) is 11.9 Å². The molecule has 1 saturated carbocycles. The van der Waals surface area contributed by atoms with Crippen LogP contribution in [0.5, 0.6) is 11.5 Å². The molecule has 3 heterocycles. The van der Waals surface area contributed by atoms with Crippen LogP contribution in [-0.2, 0) is 4.79 Å². The zero-order valence-electron chi connectivity index (χ0n) is 22.1. The standard InChI is InChI=1S/C30H33N7O2/c1-35(22-7-5-8-22)17-6-11-26(38)36-18-16-23(19-36)37-30-27(29(31)32-20-33-30)28(34-37)21-12-14-25(15-13-21)39-24-9-3-2-4-10-24/h2-4,6,9-15,20,22-23H,5,7-8,16-19H2,1H3,(H2,31,32,33)/b11-6+/t23-/m1/s1. The summed E-state index contributed by atoms with van der Waals surface area (Å²) in [5, 5.41) is 5.68. The van der Waals surface area contributed by atoms with E-state index in [2.05, 4.69) is 21.9 Å². The van der Waals surface area contributed by atoms with Crippen LogP contribution in [0.1, 0.15) is 31.7 Å². The summed E-state index contributed by atoms with van der Waals surface area (Å²) in [6.45, 7) is 2.05. The summed E-state index contributed by atoms with van der Waals surface area (Å²) in [7, 11) is 2.13. The van der Waals surface area contributed by atoms with Gasteiger partial charge in [0.15, 0.2) is 5.65 Å². The quantitative estimate of drug-likeness (QED) is 0.335. The number of amides is 1. The summed E-state index contributed by atoms with van der Waals surface area (Å²) in [4.78, 5) is 25.9. The number of nitrogens with two attached hydrogens (primary N) is 1. The van der Waals surface area contributed by atoms with Crippen LogP contribution in [0.25, 0.3) is 22.3 Å². The molecule has 9 nitrogen and oxygen atoms in total. The van der Waals surface area contributed by atoms with Crippen molar-refractivity contribution >= 4 is 22.8 Å². The number of hydrogen-bond donors (Lipinski definition) is 1. The molecule has 6 rings (SSSR count). The number of rotatable bonds is 8. The summed E-state index contributed by atoms with van der Waals surface area (Å²) in [6.07, 6.45) is 9.78. The second-order valence-corrected chi connectivity index (χ2v) is 10.3. The third-order valence-electron chi connectivity index (χ3n) is 7.80. The van der Waals surface area contributed by atoms with Gasteiger partial charge in [0.1, 0.15) is 29.3 Å². The molecule has 1 saturated heterocycles. The first-order valence-corrected chi connectivity index (χ1v) is 13.5. The summed E-state index contributed by atoms with van der Waals surface area (Å²) in [5.74, 6) is 1.93. The number of para-hydroxylation sites is 1. The molecule has 2 aromatic carbocycles. The molecule has 1 atom stereocenters. The number of ether oxygens (including phenoxy) is 1. The Balaban J connectivity index is 1.19. The average molecular weight is 524 g/mol. The molecule has 0 spiro atoms. The normalized spacial score (nSPS) is 17.8. The van der Waals surface area contributed by atoms with Crippen molar-refractivity contribution in [1.82, 2.24) is 29.5 Å². The maximum absolute atomic E-state index is 12.9. The van der Waals surface area contributed by atoms with Gasteiger partial charge in [-0.05, 0) is 62.7 Å². The molecular formula is C30H33N7O2. The highest BCUT2D eigenvalue weighted by molar-refractivity contribution is 5.98. The Hall–Kier alpha value is -4.24. The Bertz CT molecular complexity index is 1480. The van der Waals surface area contributed by atoms with Crippen molar-refractivity contribution in [3.8, 4) is 22.8 Å². The zero-order chi connectivity index (χ0) is 26.8. The fraction of sp³-hybridized carbons (Fsp3) is 0.333. The van der Waals surface area contributed by atoms with E-state index in [0.717, 1.165) is 41.1 Å². The van der Waals surface area contributed by atoms with Gasteiger partial charge < -0.3 is 15.4 Å². The van der Waals surface area contributed by atoms with Gasteiger partial charge in [-0.15, -0.1) is 0 Å². The molecular weight excluding hydrogens is 490 g/mol. The van der Waals surface area contributed by atoms with Gasteiger partial charge in [-0.3, -0.25) is 9.69 Å². The molecule has 1 aliphatic heterocycles. The number of carbonyl (C=O) groups is 1. The van der Waals surface area contributed by atoms with Crippen LogP contribution in [-0.4, -0.2) is 68.2 Å². The van der Waals surface area contributed by atoms with Crippen LogP contribution in [0.4, 0.5) is 5.82 Å². The highest BCUT2D eigenvalue weighted by atomic mass is 16.5. The minimum Gasteiger partial charge on any atom is -0.457 e. The second-order valence-electron chi connectivity index (χ2n) is 10.3. The minimum atomic E-state index is 0.00578. The van der Waals surface area contributed by atoms with E-state index >= 15 is 0 Å². The Morgan fingerprint density at radius 1 is 1.08 bits per heavy atom. The Labute approximate surface area is 227 Å². The van der Waals surface area contributed by atoms with Gasteiger partial charge in [0, 0.05) is 37.3 Å². The molecule has 1 amide bonds. The lowest BCUT2D eigenvalue weighted by Gasteiger charge is -2.33. The van der Waals surface area contributed by atoms with Crippen molar-refractivity contribution in [2.24, 2.45) is 0 Å². The number of likely N-dealkylation sites (N-methyl/N-ethyl adjacent to an activating group) is 1. The topological polar surface area (TPSA) is 102 Å². The molecule has 0 radical (unpaired) electrons. The number of anilines is 1. The summed E-state index contributed by atoms with van der Waals surface area (Å²) in [6, 6.07) is 18.1. The number of aromatic nitrogens is 4. The molecule has 2 aromatic heterocycles. The molecule has 200 valence electrons. The number of likely N-dealkylation sites (tertiary alicyclic amines) is 1. The number of benzene rings is 2. The molecule has 9 heteroatoms.